The van der Waals surface area contributed by atoms with Crippen molar-refractivity contribution in [2.45, 2.75) is 20.8 Å². The topological polar surface area (TPSA) is 75.7 Å². The number of benzene rings is 2. The van der Waals surface area contributed by atoms with Crippen LogP contribution in [0.2, 0.25) is 5.02 Å². The molecule has 1 aliphatic heterocycles. The van der Waals surface area contributed by atoms with Crippen LogP contribution < -0.4 is 15.0 Å². The minimum Gasteiger partial charge on any atom is -0.493 e. The molecule has 0 radical (unpaired) electrons. The van der Waals surface area contributed by atoms with Crippen LogP contribution in [0.25, 0.3) is 6.08 Å². The van der Waals surface area contributed by atoms with E-state index in [0.29, 0.717) is 34.5 Å². The molecule has 150 valence electrons. The highest BCUT2D eigenvalue weighted by Crippen LogP contribution is 2.27. The minimum atomic E-state index is -0.811. The zero-order valence-electron chi connectivity index (χ0n) is 16.4. The Morgan fingerprint density at radius 3 is 2.41 bits per heavy atom. The fourth-order valence-electron chi connectivity index (χ4n) is 2.70. The predicted octanol–water partition coefficient (Wildman–Crippen LogP) is 4.35. The summed E-state index contributed by atoms with van der Waals surface area (Å²) in [4.78, 5) is 38.3. The summed E-state index contributed by atoms with van der Waals surface area (Å²) in [5.74, 6) is -0.348. The fourth-order valence-corrected chi connectivity index (χ4v) is 2.88. The lowest BCUT2D eigenvalue weighted by Crippen LogP contribution is -2.54. The predicted molar refractivity (Wildman–Crippen MR) is 112 cm³/mol. The van der Waals surface area contributed by atoms with Gasteiger partial charge in [0.05, 0.1) is 12.3 Å². The lowest BCUT2D eigenvalue weighted by Gasteiger charge is -2.26. The fraction of sp³-hybridized carbons (Fsp3) is 0.227. The van der Waals surface area contributed by atoms with Crippen LogP contribution in [0.1, 0.15) is 25.0 Å². The number of carbonyl (C=O) groups excluding carboxylic acids is 3. The maximum absolute atomic E-state index is 12.9. The van der Waals surface area contributed by atoms with E-state index in [1.165, 1.54) is 12.1 Å². The van der Waals surface area contributed by atoms with Gasteiger partial charge in [-0.25, -0.2) is 9.69 Å². The summed E-state index contributed by atoms with van der Waals surface area (Å²) in [6.45, 7) is 6.52. The van der Waals surface area contributed by atoms with Crippen LogP contribution in [0, 0.1) is 12.8 Å². The number of amides is 4. The maximum atomic E-state index is 12.9. The summed E-state index contributed by atoms with van der Waals surface area (Å²) >= 11 is 6.12. The number of aryl methyl sites for hydroxylation is 1. The Morgan fingerprint density at radius 2 is 1.79 bits per heavy atom. The number of hydrogen-bond acceptors (Lipinski definition) is 4. The van der Waals surface area contributed by atoms with Crippen LogP contribution in [0.5, 0.6) is 5.75 Å². The van der Waals surface area contributed by atoms with Gasteiger partial charge in [0.2, 0.25) is 0 Å². The summed E-state index contributed by atoms with van der Waals surface area (Å²) in [6.07, 6.45) is 1.44. The van der Waals surface area contributed by atoms with Gasteiger partial charge >= 0.3 is 6.03 Å². The molecule has 4 amide bonds. The van der Waals surface area contributed by atoms with Crippen molar-refractivity contribution in [3.8, 4) is 5.75 Å². The standard InChI is InChI=1S/C22H21ClN2O4/c1-13(2)12-29-17-8-5-15(6-9-17)10-18-20(26)24-22(28)25(21(18)27)16-7-4-14(3)19(23)11-16/h4-11,13H,12H2,1-3H3,(H,24,26,28)/b18-10-. The first kappa shape index (κ1) is 20.6. The Kier molecular flexibility index (Phi) is 6.03. The number of ether oxygens (including phenoxy) is 1. The second kappa shape index (κ2) is 8.49. The maximum Gasteiger partial charge on any atom is 0.335 e. The molecule has 1 aliphatic rings. The van der Waals surface area contributed by atoms with Crippen LogP contribution in [0.4, 0.5) is 10.5 Å². The number of barbiturate groups is 1. The third-order valence-corrected chi connectivity index (χ3v) is 4.70. The lowest BCUT2D eigenvalue weighted by atomic mass is 10.1. The second-order valence-corrected chi connectivity index (χ2v) is 7.57. The molecule has 3 rings (SSSR count). The van der Waals surface area contributed by atoms with Gasteiger partial charge in [-0.1, -0.05) is 43.6 Å². The Hall–Kier alpha value is -3.12. The smallest absolute Gasteiger partial charge is 0.335 e. The first-order valence-corrected chi connectivity index (χ1v) is 9.54. The molecule has 1 fully saturated rings. The summed E-state index contributed by atoms with van der Waals surface area (Å²) < 4.78 is 5.63. The van der Waals surface area contributed by atoms with E-state index in [1.807, 2.05) is 6.92 Å². The Bertz CT molecular complexity index is 996. The van der Waals surface area contributed by atoms with Gasteiger partial charge in [0, 0.05) is 5.02 Å². The normalized spacial score (nSPS) is 15.8. The van der Waals surface area contributed by atoms with Crippen molar-refractivity contribution < 1.29 is 19.1 Å². The first-order valence-electron chi connectivity index (χ1n) is 9.16. The molecule has 0 spiro atoms. The molecule has 29 heavy (non-hydrogen) atoms. The van der Waals surface area contributed by atoms with Crippen molar-refractivity contribution in [1.29, 1.82) is 0 Å². The summed E-state index contributed by atoms with van der Waals surface area (Å²) in [6, 6.07) is 11.0. The summed E-state index contributed by atoms with van der Waals surface area (Å²) in [5, 5.41) is 2.62. The van der Waals surface area contributed by atoms with Crippen LogP contribution in [-0.2, 0) is 9.59 Å². The van der Waals surface area contributed by atoms with E-state index in [4.69, 9.17) is 16.3 Å². The highest BCUT2D eigenvalue weighted by molar-refractivity contribution is 6.39. The molecule has 1 heterocycles. The third kappa shape index (κ3) is 4.66. The molecule has 1 N–H and O–H groups in total. The lowest BCUT2D eigenvalue weighted by molar-refractivity contribution is -0.122. The van der Waals surface area contributed by atoms with Gasteiger partial charge in [-0.3, -0.25) is 14.9 Å². The van der Waals surface area contributed by atoms with Crippen molar-refractivity contribution in [1.82, 2.24) is 5.32 Å². The Labute approximate surface area is 174 Å². The summed E-state index contributed by atoms with van der Waals surface area (Å²) in [7, 11) is 0. The van der Waals surface area contributed by atoms with Gasteiger partial charge in [0.15, 0.2) is 0 Å². The molecule has 0 unspecified atom stereocenters. The third-order valence-electron chi connectivity index (χ3n) is 4.29. The number of imide groups is 2. The number of carbonyl (C=O) groups is 3. The van der Waals surface area contributed by atoms with E-state index in [9.17, 15) is 14.4 Å². The molecule has 2 aromatic rings. The molecule has 0 saturated carbocycles. The average molecular weight is 413 g/mol. The van der Waals surface area contributed by atoms with Gasteiger partial charge in [0.25, 0.3) is 11.8 Å². The highest BCUT2D eigenvalue weighted by Gasteiger charge is 2.36. The van der Waals surface area contributed by atoms with Crippen molar-refractivity contribution in [2.24, 2.45) is 5.92 Å². The van der Waals surface area contributed by atoms with Gasteiger partial charge in [-0.05, 0) is 54.3 Å². The molecule has 0 aliphatic carbocycles. The van der Waals surface area contributed by atoms with E-state index in [2.05, 4.69) is 19.2 Å². The van der Waals surface area contributed by atoms with Gasteiger partial charge < -0.3 is 4.74 Å². The van der Waals surface area contributed by atoms with Crippen LogP contribution in [-0.4, -0.2) is 24.5 Å². The number of rotatable bonds is 5. The van der Waals surface area contributed by atoms with Gasteiger partial charge in [-0.2, -0.15) is 0 Å². The Morgan fingerprint density at radius 1 is 1.10 bits per heavy atom. The van der Waals surface area contributed by atoms with Crippen molar-refractivity contribution in [3.63, 3.8) is 0 Å². The Balaban J connectivity index is 1.88. The zero-order chi connectivity index (χ0) is 21.1. The van der Waals surface area contributed by atoms with E-state index in [1.54, 1.807) is 36.4 Å². The van der Waals surface area contributed by atoms with E-state index in [0.717, 1.165) is 10.5 Å². The number of anilines is 1. The number of nitrogens with zero attached hydrogens (tertiary/aromatic N) is 1. The molecule has 7 heteroatoms. The molecular formula is C22H21ClN2O4. The largest absolute Gasteiger partial charge is 0.493 e. The van der Waals surface area contributed by atoms with E-state index >= 15 is 0 Å². The molecule has 0 atom stereocenters. The monoisotopic (exact) mass is 412 g/mol. The molecule has 1 saturated heterocycles. The van der Waals surface area contributed by atoms with Crippen molar-refractivity contribution in [2.75, 3.05) is 11.5 Å². The number of hydrogen-bond donors (Lipinski definition) is 1. The second-order valence-electron chi connectivity index (χ2n) is 7.17. The van der Waals surface area contributed by atoms with Crippen molar-refractivity contribution in [3.05, 3.63) is 64.2 Å². The van der Waals surface area contributed by atoms with E-state index < -0.39 is 17.8 Å². The highest BCUT2D eigenvalue weighted by atomic mass is 35.5. The minimum absolute atomic E-state index is 0.142. The molecule has 6 nitrogen and oxygen atoms in total. The quantitative estimate of drug-likeness (QED) is 0.585. The first-order chi connectivity index (χ1) is 13.8. The van der Waals surface area contributed by atoms with Crippen LogP contribution >= 0.6 is 11.6 Å². The zero-order valence-corrected chi connectivity index (χ0v) is 17.1. The number of nitrogens with one attached hydrogen (secondary N) is 1. The number of halogens is 1. The van der Waals surface area contributed by atoms with Gasteiger partial charge in [-0.15, -0.1) is 0 Å². The number of urea groups is 1. The molecular weight excluding hydrogens is 392 g/mol. The van der Waals surface area contributed by atoms with Gasteiger partial charge in [0.1, 0.15) is 11.3 Å². The van der Waals surface area contributed by atoms with E-state index in [-0.39, 0.29) is 5.57 Å². The molecule has 0 bridgehead atoms. The van der Waals surface area contributed by atoms with Crippen LogP contribution in [0.15, 0.2) is 48.0 Å². The average Bonchev–Trinajstić information content (AvgIpc) is 2.67. The van der Waals surface area contributed by atoms with Crippen molar-refractivity contribution >= 4 is 41.2 Å². The molecule has 0 aromatic heterocycles. The van der Waals surface area contributed by atoms with Crippen LogP contribution in [0.3, 0.4) is 0 Å². The summed E-state index contributed by atoms with van der Waals surface area (Å²) in [5.41, 5.74) is 1.60. The molecule has 2 aromatic carbocycles. The SMILES string of the molecule is Cc1ccc(N2C(=O)NC(=O)/C(=C/c3ccc(OCC(C)C)cc3)C2=O)cc1Cl.